The molecule has 1 N–H and O–H groups in total. The van der Waals surface area contributed by atoms with Crippen molar-refractivity contribution in [1.82, 2.24) is 0 Å². The first-order valence-electron chi connectivity index (χ1n) is 6.24. The highest BCUT2D eigenvalue weighted by Gasteiger charge is 2.22. The van der Waals surface area contributed by atoms with Crippen molar-refractivity contribution in [2.24, 2.45) is 0 Å². The molecule has 0 heterocycles. The third-order valence-corrected chi connectivity index (χ3v) is 2.61. The molecule has 0 bridgehead atoms. The Morgan fingerprint density at radius 3 is 2.30 bits per heavy atom. The molecular weight excluding hydrogens is 267 g/mol. The van der Waals surface area contributed by atoms with E-state index in [1.165, 1.54) is 18.2 Å². The SMILES string of the molecule is CCOC(OCC)C(=O)c1ccc(C(=O)O)c(CF)c1. The van der Waals surface area contributed by atoms with Crippen molar-refractivity contribution < 1.29 is 28.6 Å². The highest BCUT2D eigenvalue weighted by atomic mass is 19.1. The fraction of sp³-hybridized carbons (Fsp3) is 0.429. The van der Waals surface area contributed by atoms with Crippen LogP contribution in [0, 0.1) is 0 Å². The predicted molar refractivity (Wildman–Crippen MR) is 69.6 cm³/mol. The second-order valence-corrected chi connectivity index (χ2v) is 3.92. The fourth-order valence-corrected chi connectivity index (χ4v) is 1.70. The summed E-state index contributed by atoms with van der Waals surface area (Å²) in [6, 6.07) is 3.76. The monoisotopic (exact) mass is 284 g/mol. The molecule has 0 aromatic heterocycles. The van der Waals surface area contributed by atoms with Crippen LogP contribution < -0.4 is 0 Å². The molecule has 0 radical (unpaired) electrons. The lowest BCUT2D eigenvalue weighted by Gasteiger charge is -2.16. The van der Waals surface area contributed by atoms with Gasteiger partial charge in [-0.3, -0.25) is 4.79 Å². The minimum atomic E-state index is -1.23. The summed E-state index contributed by atoms with van der Waals surface area (Å²) in [5.74, 6) is -1.69. The van der Waals surface area contributed by atoms with Gasteiger partial charge in [-0.15, -0.1) is 0 Å². The number of ether oxygens (including phenoxy) is 2. The number of ketones is 1. The quantitative estimate of drug-likeness (QED) is 0.586. The van der Waals surface area contributed by atoms with Crippen molar-refractivity contribution in [3.63, 3.8) is 0 Å². The maximum Gasteiger partial charge on any atom is 0.336 e. The molecule has 1 aromatic rings. The Bertz CT molecular complexity index is 480. The summed E-state index contributed by atoms with van der Waals surface area (Å²) in [7, 11) is 0. The maximum absolute atomic E-state index is 12.8. The zero-order valence-electron chi connectivity index (χ0n) is 11.4. The zero-order chi connectivity index (χ0) is 15.1. The van der Waals surface area contributed by atoms with Crippen molar-refractivity contribution in [2.45, 2.75) is 26.8 Å². The molecule has 0 aliphatic carbocycles. The lowest BCUT2D eigenvalue weighted by molar-refractivity contribution is -0.107. The molecule has 5 nitrogen and oxygen atoms in total. The van der Waals surface area contributed by atoms with E-state index < -0.39 is 24.7 Å². The molecule has 1 rings (SSSR count). The number of rotatable bonds is 8. The van der Waals surface area contributed by atoms with E-state index in [-0.39, 0.29) is 16.7 Å². The van der Waals surface area contributed by atoms with Crippen LogP contribution >= 0.6 is 0 Å². The molecule has 0 aliphatic rings. The number of hydrogen-bond donors (Lipinski definition) is 1. The van der Waals surface area contributed by atoms with Gasteiger partial charge in [-0.25, -0.2) is 9.18 Å². The first-order chi connectivity index (χ1) is 9.54. The molecule has 20 heavy (non-hydrogen) atoms. The van der Waals surface area contributed by atoms with Gasteiger partial charge in [-0.2, -0.15) is 0 Å². The summed E-state index contributed by atoms with van der Waals surface area (Å²) in [6.07, 6.45) is -1.06. The zero-order valence-corrected chi connectivity index (χ0v) is 11.4. The van der Waals surface area contributed by atoms with E-state index in [9.17, 15) is 14.0 Å². The third kappa shape index (κ3) is 3.85. The van der Waals surface area contributed by atoms with Gasteiger partial charge >= 0.3 is 5.97 Å². The van der Waals surface area contributed by atoms with Crippen molar-refractivity contribution in [1.29, 1.82) is 0 Å². The van der Waals surface area contributed by atoms with Crippen LogP contribution in [0.1, 0.15) is 40.1 Å². The van der Waals surface area contributed by atoms with Crippen LogP contribution in [0.4, 0.5) is 4.39 Å². The normalized spacial score (nSPS) is 10.8. The molecule has 0 unspecified atom stereocenters. The lowest BCUT2D eigenvalue weighted by atomic mass is 10.0. The minimum absolute atomic E-state index is 0.0462. The van der Waals surface area contributed by atoms with Gasteiger partial charge in [0.2, 0.25) is 12.1 Å². The van der Waals surface area contributed by atoms with Gasteiger partial charge < -0.3 is 14.6 Å². The van der Waals surface area contributed by atoms with Gasteiger partial charge in [-0.05, 0) is 31.5 Å². The van der Waals surface area contributed by atoms with Crippen molar-refractivity contribution in [3.8, 4) is 0 Å². The second-order valence-electron chi connectivity index (χ2n) is 3.92. The van der Waals surface area contributed by atoms with Crippen molar-refractivity contribution in [3.05, 3.63) is 34.9 Å². The summed E-state index contributed by atoms with van der Waals surface area (Å²) in [4.78, 5) is 23.1. The first-order valence-corrected chi connectivity index (χ1v) is 6.24. The standard InChI is InChI=1S/C14H17FO5/c1-3-19-14(20-4-2)12(16)9-5-6-11(13(17)18)10(7-9)8-15/h5-7,14H,3-4,8H2,1-2H3,(H,17,18). The second kappa shape index (κ2) is 7.72. The Morgan fingerprint density at radius 2 is 1.85 bits per heavy atom. The molecule has 0 saturated heterocycles. The van der Waals surface area contributed by atoms with Gasteiger partial charge in [-0.1, -0.05) is 6.07 Å². The number of carbonyl (C=O) groups is 2. The van der Waals surface area contributed by atoms with Crippen molar-refractivity contribution >= 4 is 11.8 Å². The van der Waals surface area contributed by atoms with E-state index in [1.807, 2.05) is 0 Å². The van der Waals surface area contributed by atoms with Crippen LogP contribution in [0.5, 0.6) is 0 Å². The largest absolute Gasteiger partial charge is 0.478 e. The Morgan fingerprint density at radius 1 is 1.25 bits per heavy atom. The molecule has 0 aliphatic heterocycles. The van der Waals surface area contributed by atoms with Crippen LogP contribution in [-0.2, 0) is 16.1 Å². The number of hydrogen-bond acceptors (Lipinski definition) is 4. The van der Waals surface area contributed by atoms with Crippen LogP contribution in [0.3, 0.4) is 0 Å². The highest BCUT2D eigenvalue weighted by molar-refractivity contribution is 6.00. The first kappa shape index (κ1) is 16.3. The molecule has 0 fully saturated rings. The van der Waals surface area contributed by atoms with Crippen LogP contribution in [0.25, 0.3) is 0 Å². The van der Waals surface area contributed by atoms with Crippen LogP contribution in [-0.4, -0.2) is 36.4 Å². The van der Waals surface area contributed by atoms with Crippen LogP contribution in [0.2, 0.25) is 0 Å². The smallest absolute Gasteiger partial charge is 0.336 e. The number of halogens is 1. The summed E-state index contributed by atoms with van der Waals surface area (Å²) in [5.41, 5.74) is -0.0435. The molecule has 0 saturated carbocycles. The Balaban J connectivity index is 3.06. The van der Waals surface area contributed by atoms with E-state index in [1.54, 1.807) is 13.8 Å². The molecule has 1 aromatic carbocycles. The molecular formula is C14H17FO5. The molecule has 6 heteroatoms. The van der Waals surface area contributed by atoms with E-state index in [4.69, 9.17) is 14.6 Å². The number of Topliss-reactive ketones (excluding diaryl/α,β-unsaturated/α-hetero) is 1. The average molecular weight is 284 g/mol. The Hall–Kier alpha value is -1.79. The molecule has 110 valence electrons. The minimum Gasteiger partial charge on any atom is -0.478 e. The number of carbonyl (C=O) groups excluding carboxylic acids is 1. The topological polar surface area (TPSA) is 72.8 Å². The van der Waals surface area contributed by atoms with Gasteiger partial charge in [0, 0.05) is 18.8 Å². The highest BCUT2D eigenvalue weighted by Crippen LogP contribution is 2.16. The Kier molecular flexibility index (Phi) is 6.27. The third-order valence-electron chi connectivity index (χ3n) is 2.61. The summed E-state index contributed by atoms with van der Waals surface area (Å²) in [5, 5.41) is 8.90. The summed E-state index contributed by atoms with van der Waals surface area (Å²) < 4.78 is 23.2. The van der Waals surface area contributed by atoms with E-state index >= 15 is 0 Å². The van der Waals surface area contributed by atoms with Gasteiger partial charge in [0.15, 0.2) is 0 Å². The van der Waals surface area contributed by atoms with E-state index in [0.717, 1.165) is 0 Å². The summed E-state index contributed by atoms with van der Waals surface area (Å²) in [6.45, 7) is 3.06. The van der Waals surface area contributed by atoms with Gasteiger partial charge in [0.1, 0.15) is 6.67 Å². The van der Waals surface area contributed by atoms with Gasteiger partial charge in [0.05, 0.1) is 5.56 Å². The summed E-state index contributed by atoms with van der Waals surface area (Å²) >= 11 is 0. The average Bonchev–Trinajstić information content (AvgIpc) is 2.45. The molecule has 0 amide bonds. The van der Waals surface area contributed by atoms with Gasteiger partial charge in [0.25, 0.3) is 0 Å². The number of aromatic carboxylic acids is 1. The lowest BCUT2D eigenvalue weighted by Crippen LogP contribution is -2.28. The van der Waals surface area contributed by atoms with E-state index in [0.29, 0.717) is 13.2 Å². The maximum atomic E-state index is 12.8. The number of alkyl halides is 1. The fourth-order valence-electron chi connectivity index (χ4n) is 1.70. The molecule has 0 spiro atoms. The predicted octanol–water partition coefficient (Wildman–Crippen LogP) is 2.44. The van der Waals surface area contributed by atoms with Crippen molar-refractivity contribution in [2.75, 3.05) is 13.2 Å². The molecule has 0 atom stereocenters. The number of carboxylic acid groups (broad SMARTS) is 1. The van der Waals surface area contributed by atoms with Crippen LogP contribution in [0.15, 0.2) is 18.2 Å². The Labute approximate surface area is 116 Å². The number of benzene rings is 1. The number of carboxylic acids is 1. The van der Waals surface area contributed by atoms with E-state index in [2.05, 4.69) is 0 Å².